The second-order valence-corrected chi connectivity index (χ2v) is 7.40. The maximum absolute atomic E-state index is 12.5. The SMILES string of the molecule is O=C1C=C(Nc2c(Br)cccc2-c2c(O)ccc3ccccc23)C(=O)N1CCO. The van der Waals surface area contributed by atoms with Gasteiger partial charge in [0.05, 0.1) is 18.8 Å². The van der Waals surface area contributed by atoms with Gasteiger partial charge < -0.3 is 15.5 Å². The highest BCUT2D eigenvalue weighted by Gasteiger charge is 2.31. The molecule has 0 aliphatic carbocycles. The summed E-state index contributed by atoms with van der Waals surface area (Å²) in [7, 11) is 0. The highest BCUT2D eigenvalue weighted by molar-refractivity contribution is 9.10. The number of aliphatic hydroxyl groups is 1. The Morgan fingerprint density at radius 2 is 1.79 bits per heavy atom. The predicted molar refractivity (Wildman–Crippen MR) is 114 cm³/mol. The molecular weight excluding hydrogens is 436 g/mol. The monoisotopic (exact) mass is 452 g/mol. The number of aliphatic hydroxyl groups excluding tert-OH is 1. The van der Waals surface area contributed by atoms with E-state index in [4.69, 9.17) is 5.11 Å². The van der Waals surface area contributed by atoms with Crippen LogP contribution < -0.4 is 5.32 Å². The van der Waals surface area contributed by atoms with Crippen molar-refractivity contribution >= 4 is 44.2 Å². The summed E-state index contributed by atoms with van der Waals surface area (Å²) in [6, 6.07) is 16.6. The van der Waals surface area contributed by atoms with E-state index < -0.39 is 11.8 Å². The lowest BCUT2D eigenvalue weighted by atomic mass is 9.96. The van der Waals surface area contributed by atoms with Crippen molar-refractivity contribution in [1.82, 2.24) is 4.90 Å². The number of para-hydroxylation sites is 1. The van der Waals surface area contributed by atoms with Gasteiger partial charge in [-0.1, -0.05) is 42.5 Å². The number of nitrogens with zero attached hydrogens (tertiary/aromatic N) is 1. The van der Waals surface area contributed by atoms with E-state index in [1.807, 2.05) is 42.5 Å². The number of anilines is 1. The Kier molecular flexibility index (Phi) is 5.08. The van der Waals surface area contributed by atoms with E-state index in [1.54, 1.807) is 12.1 Å². The summed E-state index contributed by atoms with van der Waals surface area (Å²) in [5.41, 5.74) is 1.96. The van der Waals surface area contributed by atoms with Crippen LogP contribution in [0.25, 0.3) is 21.9 Å². The number of nitrogens with one attached hydrogen (secondary N) is 1. The van der Waals surface area contributed by atoms with Crippen LogP contribution in [-0.2, 0) is 9.59 Å². The van der Waals surface area contributed by atoms with E-state index in [0.717, 1.165) is 15.7 Å². The van der Waals surface area contributed by atoms with E-state index in [-0.39, 0.29) is 24.6 Å². The Morgan fingerprint density at radius 1 is 1.00 bits per heavy atom. The number of hydrogen-bond acceptors (Lipinski definition) is 5. The minimum atomic E-state index is -0.507. The molecule has 0 aromatic heterocycles. The molecule has 4 rings (SSSR count). The minimum absolute atomic E-state index is 0.0632. The summed E-state index contributed by atoms with van der Waals surface area (Å²) in [6.45, 7) is -0.366. The van der Waals surface area contributed by atoms with Crippen molar-refractivity contribution in [2.45, 2.75) is 0 Å². The molecule has 0 fully saturated rings. The molecule has 6 nitrogen and oxygen atoms in total. The van der Waals surface area contributed by atoms with Gasteiger partial charge in [0.1, 0.15) is 11.4 Å². The first-order valence-electron chi connectivity index (χ1n) is 8.96. The number of aromatic hydroxyl groups is 1. The molecule has 0 saturated carbocycles. The van der Waals surface area contributed by atoms with Crippen LogP contribution in [-0.4, -0.2) is 40.1 Å². The molecule has 0 atom stereocenters. The molecule has 2 amide bonds. The maximum Gasteiger partial charge on any atom is 0.277 e. The van der Waals surface area contributed by atoms with Crippen LogP contribution in [0.4, 0.5) is 5.69 Å². The standard InChI is InChI=1S/C22H17BrN2O4/c23-16-7-3-6-15(20-14-5-2-1-4-13(14)8-9-18(20)27)21(16)24-17-12-19(28)25(10-11-26)22(17)29/h1-9,12,24,26-27H,10-11H2. The van der Waals surface area contributed by atoms with E-state index in [9.17, 15) is 14.7 Å². The fourth-order valence-corrected chi connectivity index (χ4v) is 3.91. The number of amides is 2. The summed E-state index contributed by atoms with van der Waals surface area (Å²) in [5, 5.41) is 24.6. The molecule has 0 bridgehead atoms. The Bertz CT molecular complexity index is 1170. The summed E-state index contributed by atoms with van der Waals surface area (Å²) in [4.78, 5) is 25.6. The van der Waals surface area contributed by atoms with Gasteiger partial charge in [0.2, 0.25) is 0 Å². The van der Waals surface area contributed by atoms with Gasteiger partial charge in [-0.25, -0.2) is 0 Å². The second kappa shape index (κ2) is 7.69. The average Bonchev–Trinajstić information content (AvgIpc) is 2.97. The van der Waals surface area contributed by atoms with E-state index in [0.29, 0.717) is 21.3 Å². The third kappa shape index (κ3) is 3.39. The molecule has 1 heterocycles. The first-order chi connectivity index (χ1) is 14.0. The molecule has 3 aromatic carbocycles. The first-order valence-corrected chi connectivity index (χ1v) is 9.75. The second-order valence-electron chi connectivity index (χ2n) is 6.54. The van der Waals surface area contributed by atoms with Crippen LogP contribution in [0.5, 0.6) is 5.75 Å². The van der Waals surface area contributed by atoms with Crippen molar-refractivity contribution < 1.29 is 19.8 Å². The summed E-state index contributed by atoms with van der Waals surface area (Å²) in [6.07, 6.45) is 1.21. The smallest absolute Gasteiger partial charge is 0.277 e. The van der Waals surface area contributed by atoms with Crippen molar-refractivity contribution in [3.63, 3.8) is 0 Å². The number of halogens is 1. The quantitative estimate of drug-likeness (QED) is 0.514. The van der Waals surface area contributed by atoms with Gasteiger partial charge in [0.25, 0.3) is 11.8 Å². The molecule has 1 aliphatic rings. The predicted octanol–water partition coefficient (Wildman–Crippen LogP) is 3.63. The number of rotatable bonds is 5. The maximum atomic E-state index is 12.5. The largest absolute Gasteiger partial charge is 0.507 e. The topological polar surface area (TPSA) is 89.9 Å². The Labute approximate surface area is 175 Å². The zero-order valence-electron chi connectivity index (χ0n) is 15.2. The average molecular weight is 453 g/mol. The molecule has 1 aliphatic heterocycles. The minimum Gasteiger partial charge on any atom is -0.507 e. The van der Waals surface area contributed by atoms with Crippen LogP contribution in [0.2, 0.25) is 0 Å². The molecule has 0 radical (unpaired) electrons. The Hall–Kier alpha value is -3.16. The van der Waals surface area contributed by atoms with Crippen LogP contribution in [0.3, 0.4) is 0 Å². The van der Waals surface area contributed by atoms with Crippen molar-refractivity contribution in [2.75, 3.05) is 18.5 Å². The molecule has 7 heteroatoms. The first kappa shape index (κ1) is 19.2. The fraction of sp³-hybridized carbons (Fsp3) is 0.0909. The molecule has 29 heavy (non-hydrogen) atoms. The summed E-state index contributed by atoms with van der Waals surface area (Å²) >= 11 is 3.50. The van der Waals surface area contributed by atoms with Crippen LogP contribution in [0.1, 0.15) is 0 Å². The van der Waals surface area contributed by atoms with Crippen LogP contribution in [0, 0.1) is 0 Å². The molecule has 3 aromatic rings. The van der Waals surface area contributed by atoms with E-state index >= 15 is 0 Å². The fourth-order valence-electron chi connectivity index (χ4n) is 3.45. The van der Waals surface area contributed by atoms with Crippen LogP contribution in [0.15, 0.2) is 70.8 Å². The number of phenols is 1. The molecule has 0 saturated heterocycles. The number of phenolic OH excluding ortho intramolecular Hbond substituents is 1. The number of hydrogen-bond donors (Lipinski definition) is 3. The highest BCUT2D eigenvalue weighted by Crippen LogP contribution is 2.43. The molecule has 146 valence electrons. The third-order valence-corrected chi connectivity index (χ3v) is 5.44. The van der Waals surface area contributed by atoms with Gasteiger partial charge in [-0.15, -0.1) is 0 Å². The van der Waals surface area contributed by atoms with Crippen molar-refractivity contribution in [3.05, 3.63) is 70.8 Å². The lowest BCUT2D eigenvalue weighted by Gasteiger charge is -2.18. The molecule has 0 spiro atoms. The Balaban J connectivity index is 1.83. The normalized spacial score (nSPS) is 13.9. The lowest BCUT2D eigenvalue weighted by molar-refractivity contribution is -0.137. The zero-order chi connectivity index (χ0) is 20.5. The molecular formula is C22H17BrN2O4. The van der Waals surface area contributed by atoms with Gasteiger partial charge in [-0.05, 0) is 38.8 Å². The lowest BCUT2D eigenvalue weighted by Crippen LogP contribution is -2.34. The number of β-amino-alcohol motifs (C(OH)–C–C–N with tert-alkyl or cyclic N) is 1. The van der Waals surface area contributed by atoms with Crippen molar-refractivity contribution in [2.24, 2.45) is 0 Å². The van der Waals surface area contributed by atoms with Crippen LogP contribution >= 0.6 is 15.9 Å². The summed E-state index contributed by atoms with van der Waals surface area (Å²) in [5.74, 6) is -0.879. The van der Waals surface area contributed by atoms with Gasteiger partial charge in [-0.2, -0.15) is 0 Å². The number of carbonyl (C=O) groups is 2. The van der Waals surface area contributed by atoms with Crippen molar-refractivity contribution in [3.8, 4) is 16.9 Å². The number of benzene rings is 3. The summed E-state index contributed by atoms with van der Waals surface area (Å²) < 4.78 is 0.670. The van der Waals surface area contributed by atoms with Gasteiger partial charge in [0, 0.05) is 21.7 Å². The Morgan fingerprint density at radius 3 is 2.59 bits per heavy atom. The van der Waals surface area contributed by atoms with Gasteiger partial charge >= 0.3 is 0 Å². The van der Waals surface area contributed by atoms with Gasteiger partial charge in [-0.3, -0.25) is 14.5 Å². The third-order valence-electron chi connectivity index (χ3n) is 4.78. The molecule has 0 unspecified atom stereocenters. The number of fused-ring (bicyclic) bond motifs is 1. The highest BCUT2D eigenvalue weighted by atomic mass is 79.9. The van der Waals surface area contributed by atoms with Crippen molar-refractivity contribution in [1.29, 1.82) is 0 Å². The molecule has 3 N–H and O–H groups in total. The number of imide groups is 1. The van der Waals surface area contributed by atoms with Gasteiger partial charge in [0.15, 0.2) is 0 Å². The zero-order valence-corrected chi connectivity index (χ0v) is 16.8. The van der Waals surface area contributed by atoms with E-state index in [2.05, 4.69) is 21.2 Å². The number of carbonyl (C=O) groups excluding carboxylic acids is 2. The van der Waals surface area contributed by atoms with E-state index in [1.165, 1.54) is 6.08 Å².